The van der Waals surface area contributed by atoms with Crippen LogP contribution in [0.5, 0.6) is 5.75 Å². The molecule has 0 saturated carbocycles. The van der Waals surface area contributed by atoms with E-state index < -0.39 is 6.10 Å². The summed E-state index contributed by atoms with van der Waals surface area (Å²) in [5.74, 6) is 2.07. The smallest absolute Gasteiger partial charge is 0.194 e. The van der Waals surface area contributed by atoms with Crippen molar-refractivity contribution < 1.29 is 14.6 Å². The third kappa shape index (κ3) is 8.74. The van der Waals surface area contributed by atoms with Gasteiger partial charge in [0.1, 0.15) is 5.75 Å². The number of hydrogen-bond donors (Lipinski definition) is 2. The fourth-order valence-corrected chi connectivity index (χ4v) is 2.23. The van der Waals surface area contributed by atoms with Gasteiger partial charge in [0.15, 0.2) is 5.96 Å². The second-order valence-corrected chi connectivity index (χ2v) is 6.48. The number of methoxy groups -OCH3 is 1. The first-order chi connectivity index (χ1) is 12.0. The zero-order valence-electron chi connectivity index (χ0n) is 16.2. The van der Waals surface area contributed by atoms with Crippen LogP contribution in [0.1, 0.15) is 26.3 Å². The molecule has 0 aromatic heterocycles. The van der Waals surface area contributed by atoms with Crippen molar-refractivity contribution in [3.05, 3.63) is 29.8 Å². The van der Waals surface area contributed by atoms with E-state index in [9.17, 15) is 5.11 Å². The Morgan fingerprint density at radius 1 is 1.24 bits per heavy atom. The number of hydrogen-bond acceptors (Lipinski definition) is 4. The second kappa shape index (κ2) is 11.7. The van der Waals surface area contributed by atoms with Crippen molar-refractivity contribution in [1.82, 2.24) is 10.2 Å². The van der Waals surface area contributed by atoms with Gasteiger partial charge >= 0.3 is 0 Å². The van der Waals surface area contributed by atoms with Crippen LogP contribution in [-0.2, 0) is 11.3 Å². The topological polar surface area (TPSA) is 66.3 Å². The zero-order chi connectivity index (χ0) is 18.7. The van der Waals surface area contributed by atoms with Gasteiger partial charge in [0, 0.05) is 26.7 Å². The zero-order valence-corrected chi connectivity index (χ0v) is 16.2. The Morgan fingerprint density at radius 3 is 2.48 bits per heavy atom. The van der Waals surface area contributed by atoms with Gasteiger partial charge in [0.05, 0.1) is 26.4 Å². The minimum Gasteiger partial charge on any atom is -0.497 e. The number of nitrogens with zero attached hydrogens (tertiary/aromatic N) is 2. The van der Waals surface area contributed by atoms with Gasteiger partial charge in [-0.2, -0.15) is 0 Å². The quantitative estimate of drug-likeness (QED) is 0.499. The van der Waals surface area contributed by atoms with Crippen molar-refractivity contribution >= 4 is 5.96 Å². The molecule has 0 aliphatic heterocycles. The maximum absolute atomic E-state index is 10.0. The predicted octanol–water partition coefficient (Wildman–Crippen LogP) is 2.13. The second-order valence-electron chi connectivity index (χ2n) is 6.48. The Kier molecular flexibility index (Phi) is 9.96. The van der Waals surface area contributed by atoms with E-state index in [1.54, 1.807) is 7.11 Å². The first-order valence-electron chi connectivity index (χ1n) is 8.84. The van der Waals surface area contributed by atoms with Crippen LogP contribution < -0.4 is 10.1 Å². The maximum atomic E-state index is 10.0. The molecule has 25 heavy (non-hydrogen) atoms. The number of guanidine groups is 1. The lowest BCUT2D eigenvalue weighted by Gasteiger charge is -2.23. The third-order valence-electron chi connectivity index (χ3n) is 3.49. The van der Waals surface area contributed by atoms with Gasteiger partial charge < -0.3 is 24.8 Å². The Bertz CT molecular complexity index is 503. The van der Waals surface area contributed by atoms with Crippen LogP contribution in [0, 0.1) is 5.92 Å². The molecule has 1 atom stereocenters. The highest BCUT2D eigenvalue weighted by Gasteiger charge is 2.09. The summed E-state index contributed by atoms with van der Waals surface area (Å²) >= 11 is 0. The summed E-state index contributed by atoms with van der Waals surface area (Å²) in [6.07, 6.45) is -0.596. The molecule has 0 bridgehead atoms. The highest BCUT2D eigenvalue weighted by Crippen LogP contribution is 2.12. The summed E-state index contributed by atoms with van der Waals surface area (Å²) in [5.41, 5.74) is 1.16. The Morgan fingerprint density at radius 2 is 1.92 bits per heavy atom. The lowest BCUT2D eigenvalue weighted by atomic mass is 10.2. The number of aliphatic hydroxyl groups is 1. The minimum absolute atomic E-state index is 0.309. The van der Waals surface area contributed by atoms with Gasteiger partial charge in [0.25, 0.3) is 0 Å². The van der Waals surface area contributed by atoms with Crippen molar-refractivity contribution in [2.75, 3.05) is 40.5 Å². The van der Waals surface area contributed by atoms with E-state index in [0.717, 1.165) is 30.4 Å². The molecular weight excluding hydrogens is 318 g/mol. The number of aliphatic imine (C=N–C) groups is 1. The van der Waals surface area contributed by atoms with Crippen molar-refractivity contribution in [3.8, 4) is 5.75 Å². The van der Waals surface area contributed by atoms with Crippen molar-refractivity contribution in [2.45, 2.75) is 33.4 Å². The highest BCUT2D eigenvalue weighted by atomic mass is 16.5. The van der Waals surface area contributed by atoms with E-state index in [0.29, 0.717) is 25.7 Å². The number of rotatable bonds is 10. The van der Waals surface area contributed by atoms with E-state index in [-0.39, 0.29) is 0 Å². The van der Waals surface area contributed by atoms with Crippen molar-refractivity contribution in [3.63, 3.8) is 0 Å². The van der Waals surface area contributed by atoms with E-state index >= 15 is 0 Å². The molecule has 1 rings (SSSR count). The normalized spacial score (nSPS) is 13.0. The molecule has 0 amide bonds. The number of nitrogens with one attached hydrogen (secondary N) is 1. The summed E-state index contributed by atoms with van der Waals surface area (Å²) in [6.45, 7) is 8.96. The molecule has 2 N–H and O–H groups in total. The lowest BCUT2D eigenvalue weighted by molar-refractivity contribution is 0.0300. The van der Waals surface area contributed by atoms with Gasteiger partial charge in [-0.15, -0.1) is 0 Å². The number of aliphatic hydroxyl groups excluding tert-OH is 1. The molecule has 6 heteroatoms. The molecular formula is C19H33N3O3. The van der Waals surface area contributed by atoms with Crippen LogP contribution in [0.15, 0.2) is 29.3 Å². The van der Waals surface area contributed by atoms with Crippen molar-refractivity contribution in [1.29, 1.82) is 0 Å². The van der Waals surface area contributed by atoms with Crippen LogP contribution in [0.3, 0.4) is 0 Å². The third-order valence-corrected chi connectivity index (χ3v) is 3.49. The van der Waals surface area contributed by atoms with Crippen LogP contribution >= 0.6 is 0 Å². The van der Waals surface area contributed by atoms with Gasteiger partial charge in [-0.05, 0) is 30.5 Å². The summed E-state index contributed by atoms with van der Waals surface area (Å²) in [5, 5.41) is 13.3. The Balaban J connectivity index is 2.57. The maximum Gasteiger partial charge on any atom is 0.194 e. The van der Waals surface area contributed by atoms with E-state index in [1.807, 2.05) is 43.1 Å². The van der Waals surface area contributed by atoms with Gasteiger partial charge in [0.2, 0.25) is 0 Å². The highest BCUT2D eigenvalue weighted by molar-refractivity contribution is 5.79. The van der Waals surface area contributed by atoms with E-state index in [1.165, 1.54) is 0 Å². The fraction of sp³-hybridized carbons (Fsp3) is 0.632. The first kappa shape index (κ1) is 21.3. The number of benzene rings is 1. The first-order valence-corrected chi connectivity index (χ1v) is 8.84. The molecule has 1 unspecified atom stereocenters. The molecule has 6 nitrogen and oxygen atoms in total. The Hall–Kier alpha value is -1.79. The number of ether oxygens (including phenoxy) is 2. The summed E-state index contributed by atoms with van der Waals surface area (Å²) in [6, 6.07) is 7.97. The Labute approximate surface area is 151 Å². The molecule has 0 saturated heterocycles. The average Bonchev–Trinajstić information content (AvgIpc) is 2.58. The molecule has 0 spiro atoms. The standard InChI is InChI=1S/C19H33N3O3/c1-6-20-19(21-11-17(23)14-25-13-15(2)3)22(4)12-16-7-9-18(24-5)10-8-16/h7-10,15,17,23H,6,11-14H2,1-5H3,(H,20,21). The molecule has 0 aliphatic rings. The predicted molar refractivity (Wildman–Crippen MR) is 102 cm³/mol. The molecule has 0 aliphatic carbocycles. The van der Waals surface area contributed by atoms with Crippen LogP contribution in [0.25, 0.3) is 0 Å². The van der Waals surface area contributed by atoms with Gasteiger partial charge in [-0.3, -0.25) is 4.99 Å². The summed E-state index contributed by atoms with van der Waals surface area (Å²) in [4.78, 5) is 6.55. The van der Waals surface area contributed by atoms with E-state index in [4.69, 9.17) is 9.47 Å². The molecule has 0 fully saturated rings. The molecule has 142 valence electrons. The van der Waals surface area contributed by atoms with Crippen molar-refractivity contribution in [2.24, 2.45) is 10.9 Å². The van der Waals surface area contributed by atoms with Gasteiger partial charge in [-0.1, -0.05) is 26.0 Å². The van der Waals surface area contributed by atoms with Crippen LogP contribution in [-0.4, -0.2) is 62.5 Å². The minimum atomic E-state index is -0.596. The molecule has 0 heterocycles. The van der Waals surface area contributed by atoms with Gasteiger partial charge in [-0.25, -0.2) is 0 Å². The SMILES string of the molecule is CCNC(=NCC(O)COCC(C)C)N(C)Cc1ccc(OC)cc1. The fourth-order valence-electron chi connectivity index (χ4n) is 2.23. The van der Waals surface area contributed by atoms with Crippen LogP contribution in [0.2, 0.25) is 0 Å². The summed E-state index contributed by atoms with van der Waals surface area (Å²) in [7, 11) is 3.64. The average molecular weight is 351 g/mol. The van der Waals surface area contributed by atoms with E-state index in [2.05, 4.69) is 24.2 Å². The monoisotopic (exact) mass is 351 g/mol. The summed E-state index contributed by atoms with van der Waals surface area (Å²) < 4.78 is 10.6. The van der Waals surface area contributed by atoms with Crippen LogP contribution in [0.4, 0.5) is 0 Å². The molecule has 1 aromatic carbocycles. The molecule has 0 radical (unpaired) electrons. The largest absolute Gasteiger partial charge is 0.497 e. The molecule has 1 aromatic rings. The lowest BCUT2D eigenvalue weighted by Crippen LogP contribution is -2.39.